The second-order valence-corrected chi connectivity index (χ2v) is 11.0. The molecule has 0 heterocycles. The fraction of sp³-hybridized carbons (Fsp3) is 0.774. The third-order valence-corrected chi connectivity index (χ3v) is 8.16. The van der Waals surface area contributed by atoms with Crippen molar-refractivity contribution in [3.63, 3.8) is 0 Å². The minimum absolute atomic E-state index is 0.00383. The molecule has 1 aromatic carbocycles. The molecule has 0 aliphatic heterocycles. The summed E-state index contributed by atoms with van der Waals surface area (Å²) in [6.07, 6.45) is 20.6. The molecule has 0 spiro atoms. The van der Waals surface area contributed by atoms with E-state index in [1.165, 1.54) is 109 Å². The van der Waals surface area contributed by atoms with Gasteiger partial charge in [0.15, 0.2) is 0 Å². The Hall–Kier alpha value is -1.35. The van der Waals surface area contributed by atoms with Gasteiger partial charge in [-0.25, -0.2) is 0 Å². The van der Waals surface area contributed by atoms with Crippen LogP contribution in [-0.4, -0.2) is 19.2 Å². The van der Waals surface area contributed by atoms with Crippen molar-refractivity contribution in [2.45, 2.75) is 122 Å². The fourth-order valence-corrected chi connectivity index (χ4v) is 5.80. The van der Waals surface area contributed by atoms with Crippen molar-refractivity contribution in [1.29, 1.82) is 0 Å². The van der Waals surface area contributed by atoms with E-state index in [1.807, 2.05) is 0 Å². The van der Waals surface area contributed by atoms with Crippen LogP contribution < -0.4 is 0 Å². The van der Waals surface area contributed by atoms with Crippen LogP contribution in [0.2, 0.25) is 0 Å². The fourth-order valence-electron chi connectivity index (χ4n) is 5.80. The number of unbranched alkanes of at least 4 members (excludes halogenated alkanes) is 6. The zero-order chi connectivity index (χ0) is 24.0. The molecular weight excluding hydrogens is 420 g/mol. The highest BCUT2D eigenvalue weighted by Crippen LogP contribution is 2.51. The van der Waals surface area contributed by atoms with Crippen LogP contribution in [0.1, 0.15) is 115 Å². The van der Waals surface area contributed by atoms with Crippen molar-refractivity contribution < 1.29 is 14.3 Å². The summed E-state index contributed by atoms with van der Waals surface area (Å²) in [5.74, 6) is 2.93. The van der Waals surface area contributed by atoms with E-state index in [1.54, 1.807) is 0 Å². The van der Waals surface area contributed by atoms with Crippen LogP contribution in [0.15, 0.2) is 30.3 Å². The van der Waals surface area contributed by atoms with Crippen molar-refractivity contribution in [2.75, 3.05) is 7.11 Å². The Morgan fingerprint density at radius 3 is 2.06 bits per heavy atom. The van der Waals surface area contributed by atoms with Gasteiger partial charge in [0, 0.05) is 6.42 Å². The molecule has 2 aliphatic carbocycles. The van der Waals surface area contributed by atoms with Gasteiger partial charge in [-0.1, -0.05) is 88.6 Å². The van der Waals surface area contributed by atoms with E-state index in [0.717, 1.165) is 24.4 Å². The lowest BCUT2D eigenvalue weighted by Gasteiger charge is -2.27. The van der Waals surface area contributed by atoms with Crippen LogP contribution in [0.4, 0.5) is 0 Å². The number of esters is 1. The zero-order valence-electron chi connectivity index (χ0n) is 22.0. The minimum Gasteiger partial charge on any atom is -0.469 e. The molecule has 3 rings (SSSR count). The van der Waals surface area contributed by atoms with Crippen LogP contribution >= 0.6 is 0 Å². The third kappa shape index (κ3) is 10.5. The van der Waals surface area contributed by atoms with Crippen LogP contribution in [-0.2, 0) is 20.9 Å². The molecule has 0 saturated heterocycles. The van der Waals surface area contributed by atoms with Gasteiger partial charge in [-0.2, -0.15) is 0 Å². The Labute approximate surface area is 209 Å². The molecule has 2 saturated carbocycles. The average Bonchev–Trinajstić information content (AvgIpc) is 3.77. The van der Waals surface area contributed by atoms with Crippen molar-refractivity contribution in [1.82, 2.24) is 0 Å². The van der Waals surface area contributed by atoms with Gasteiger partial charge in [-0.05, 0) is 74.2 Å². The number of ether oxygens (including phenoxy) is 2. The number of hydrogen-bond donors (Lipinski definition) is 0. The van der Waals surface area contributed by atoms with Gasteiger partial charge in [0.2, 0.25) is 0 Å². The summed E-state index contributed by atoms with van der Waals surface area (Å²) in [4.78, 5) is 12.1. The summed E-state index contributed by atoms with van der Waals surface area (Å²) in [6, 6.07) is 10.6. The Balaban J connectivity index is 1.42. The molecule has 2 aliphatic rings. The van der Waals surface area contributed by atoms with E-state index in [0.29, 0.717) is 18.4 Å². The molecule has 1 aromatic rings. The van der Waals surface area contributed by atoms with Gasteiger partial charge in [0.1, 0.15) is 0 Å². The third-order valence-electron chi connectivity index (χ3n) is 8.16. The average molecular weight is 471 g/mol. The van der Waals surface area contributed by atoms with Gasteiger partial charge < -0.3 is 9.47 Å². The predicted octanol–water partition coefficient (Wildman–Crippen LogP) is 8.50. The standard InChI is InChI=1S/C31H50O3/c1-3-4-5-6-7-11-16-28(34-24-25-14-9-8-10-15-25)17-12-13-18-29(26-19-20-26)30(27-21-22-27)23-31(32)33-2/h8-10,14-15,26-30H,3-7,11-13,16-24H2,1-2H3. The van der Waals surface area contributed by atoms with E-state index < -0.39 is 0 Å². The molecule has 0 radical (unpaired) electrons. The SMILES string of the molecule is CCCCCCCCC(CCCCC(C1CC1)C(CC(=O)OC)C1CC1)OCc1ccccc1. The van der Waals surface area contributed by atoms with E-state index >= 15 is 0 Å². The monoisotopic (exact) mass is 470 g/mol. The first kappa shape index (κ1) is 27.2. The minimum atomic E-state index is -0.00383. The Bertz CT molecular complexity index is 665. The van der Waals surface area contributed by atoms with Crippen LogP contribution in [0.5, 0.6) is 0 Å². The molecule has 34 heavy (non-hydrogen) atoms. The molecule has 0 N–H and O–H groups in total. The topological polar surface area (TPSA) is 35.5 Å². The maximum Gasteiger partial charge on any atom is 0.305 e. The van der Waals surface area contributed by atoms with Gasteiger partial charge in [0.25, 0.3) is 0 Å². The van der Waals surface area contributed by atoms with Crippen molar-refractivity contribution in [3.05, 3.63) is 35.9 Å². The summed E-state index contributed by atoms with van der Waals surface area (Å²) < 4.78 is 11.5. The molecular formula is C31H50O3. The highest BCUT2D eigenvalue weighted by molar-refractivity contribution is 5.69. The highest BCUT2D eigenvalue weighted by atomic mass is 16.5. The van der Waals surface area contributed by atoms with Gasteiger partial charge >= 0.3 is 5.97 Å². The molecule has 3 atom stereocenters. The van der Waals surface area contributed by atoms with E-state index in [2.05, 4.69) is 37.3 Å². The first-order valence-electron chi connectivity index (χ1n) is 14.4. The number of methoxy groups -OCH3 is 1. The van der Waals surface area contributed by atoms with Crippen molar-refractivity contribution >= 4 is 5.97 Å². The molecule has 2 fully saturated rings. The zero-order valence-corrected chi connectivity index (χ0v) is 22.0. The highest BCUT2D eigenvalue weighted by Gasteiger charge is 2.43. The van der Waals surface area contributed by atoms with Crippen LogP contribution in [0, 0.1) is 23.7 Å². The van der Waals surface area contributed by atoms with Gasteiger partial charge in [-0.3, -0.25) is 4.79 Å². The van der Waals surface area contributed by atoms with Gasteiger partial charge in [-0.15, -0.1) is 0 Å². The number of rotatable bonds is 20. The van der Waals surface area contributed by atoms with E-state index in [9.17, 15) is 4.79 Å². The summed E-state index contributed by atoms with van der Waals surface area (Å²) in [5.41, 5.74) is 1.28. The molecule has 0 amide bonds. The van der Waals surface area contributed by atoms with Crippen molar-refractivity contribution in [3.8, 4) is 0 Å². The molecule has 0 aromatic heterocycles. The Morgan fingerprint density at radius 1 is 0.824 bits per heavy atom. The summed E-state index contributed by atoms with van der Waals surface area (Å²) in [7, 11) is 1.54. The number of carbonyl (C=O) groups excluding carboxylic acids is 1. The largest absolute Gasteiger partial charge is 0.469 e. The molecule has 0 bridgehead atoms. The predicted molar refractivity (Wildman–Crippen MR) is 141 cm³/mol. The number of carbonyl (C=O) groups is 1. The lowest BCUT2D eigenvalue weighted by atomic mass is 9.79. The lowest BCUT2D eigenvalue weighted by molar-refractivity contribution is -0.142. The van der Waals surface area contributed by atoms with E-state index in [-0.39, 0.29) is 5.97 Å². The smallest absolute Gasteiger partial charge is 0.305 e. The Kier molecular flexibility index (Phi) is 12.5. The summed E-state index contributed by atoms with van der Waals surface area (Å²) in [5, 5.41) is 0. The van der Waals surface area contributed by atoms with E-state index in [4.69, 9.17) is 9.47 Å². The molecule has 3 heteroatoms. The molecule has 192 valence electrons. The molecule has 3 nitrogen and oxygen atoms in total. The second kappa shape index (κ2) is 15.6. The maximum atomic E-state index is 12.1. The molecule has 3 unspecified atom stereocenters. The van der Waals surface area contributed by atoms with Crippen LogP contribution in [0.25, 0.3) is 0 Å². The summed E-state index contributed by atoms with van der Waals surface area (Å²) >= 11 is 0. The first-order valence-corrected chi connectivity index (χ1v) is 14.4. The number of benzene rings is 1. The van der Waals surface area contributed by atoms with Crippen LogP contribution in [0.3, 0.4) is 0 Å². The summed E-state index contributed by atoms with van der Waals surface area (Å²) in [6.45, 7) is 3.01. The van der Waals surface area contributed by atoms with Gasteiger partial charge in [0.05, 0.1) is 19.8 Å². The van der Waals surface area contributed by atoms with Crippen molar-refractivity contribution in [2.24, 2.45) is 23.7 Å². The normalized spacial score (nSPS) is 18.4. The Morgan fingerprint density at radius 2 is 1.41 bits per heavy atom. The second-order valence-electron chi connectivity index (χ2n) is 11.0. The first-order chi connectivity index (χ1) is 16.7. The maximum absolute atomic E-state index is 12.1. The lowest BCUT2D eigenvalue weighted by Crippen LogP contribution is -2.23. The number of hydrogen-bond acceptors (Lipinski definition) is 3. The quantitative estimate of drug-likeness (QED) is 0.141.